The van der Waals surface area contributed by atoms with E-state index in [-0.39, 0.29) is 17.9 Å². The first-order chi connectivity index (χ1) is 15.0. The van der Waals surface area contributed by atoms with Crippen LogP contribution < -0.4 is 10.1 Å². The van der Waals surface area contributed by atoms with Crippen molar-refractivity contribution in [3.8, 4) is 16.9 Å². The average Bonchev–Trinajstić information content (AvgIpc) is 3.42. The molecule has 1 aromatic heterocycles. The zero-order valence-corrected chi connectivity index (χ0v) is 18.5. The molecular formula is C24H28ClN3O3. The Balaban J connectivity index is 1.47. The third-order valence-corrected chi connectivity index (χ3v) is 7.04. The van der Waals surface area contributed by atoms with E-state index in [4.69, 9.17) is 16.3 Å². The molecule has 2 N–H and O–H groups in total. The second-order valence-electron chi connectivity index (χ2n) is 8.76. The van der Waals surface area contributed by atoms with Crippen molar-refractivity contribution in [3.05, 3.63) is 46.2 Å². The van der Waals surface area contributed by atoms with Crippen LogP contribution in [0.5, 0.6) is 5.75 Å². The monoisotopic (exact) mass is 441 g/mol. The van der Waals surface area contributed by atoms with Gasteiger partial charge >= 0.3 is 0 Å². The zero-order chi connectivity index (χ0) is 21.5. The maximum absolute atomic E-state index is 13.0. The van der Waals surface area contributed by atoms with Gasteiger partial charge in [-0.15, -0.1) is 0 Å². The van der Waals surface area contributed by atoms with Gasteiger partial charge in [-0.05, 0) is 54.5 Å². The number of ether oxygens (including phenoxy) is 1. The Morgan fingerprint density at radius 2 is 2.10 bits per heavy atom. The number of nitrogens with one attached hydrogen (secondary N) is 1. The van der Waals surface area contributed by atoms with Crippen molar-refractivity contribution in [3.63, 3.8) is 0 Å². The smallest absolute Gasteiger partial charge is 0.264 e. The summed E-state index contributed by atoms with van der Waals surface area (Å²) in [6.45, 7) is 5.06. The molecule has 0 bridgehead atoms. The van der Waals surface area contributed by atoms with Gasteiger partial charge in [0.15, 0.2) is 6.10 Å². The van der Waals surface area contributed by atoms with Crippen molar-refractivity contribution in [2.75, 3.05) is 26.2 Å². The minimum Gasteiger partial charge on any atom is -0.479 e. The fraction of sp³-hybridized carbons (Fsp3) is 0.500. The van der Waals surface area contributed by atoms with Gasteiger partial charge in [0, 0.05) is 60.6 Å². The van der Waals surface area contributed by atoms with Crippen LogP contribution in [0.1, 0.15) is 30.2 Å². The fourth-order valence-corrected chi connectivity index (χ4v) is 5.37. The van der Waals surface area contributed by atoms with Crippen molar-refractivity contribution >= 4 is 17.5 Å². The highest BCUT2D eigenvalue weighted by molar-refractivity contribution is 6.31. The minimum atomic E-state index is -0.505. The summed E-state index contributed by atoms with van der Waals surface area (Å²) >= 11 is 6.49. The van der Waals surface area contributed by atoms with Crippen LogP contribution in [0.2, 0.25) is 5.02 Å². The van der Waals surface area contributed by atoms with Gasteiger partial charge in [0.2, 0.25) is 0 Å². The third-order valence-electron chi connectivity index (χ3n) is 6.82. The fourth-order valence-electron chi connectivity index (χ4n) is 5.13. The molecule has 0 saturated carbocycles. The average molecular weight is 442 g/mol. The van der Waals surface area contributed by atoms with Crippen molar-refractivity contribution in [1.82, 2.24) is 15.2 Å². The normalized spacial score (nSPS) is 23.3. The molecule has 1 aliphatic carbocycles. The lowest BCUT2D eigenvalue weighted by Gasteiger charge is -2.29. The van der Waals surface area contributed by atoms with Gasteiger partial charge in [-0.25, -0.2) is 0 Å². The Kier molecular flexibility index (Phi) is 5.63. The summed E-state index contributed by atoms with van der Waals surface area (Å²) < 4.78 is 6.28. The molecule has 2 unspecified atom stereocenters. The molecular weight excluding hydrogens is 414 g/mol. The largest absolute Gasteiger partial charge is 0.479 e. The van der Waals surface area contributed by atoms with Crippen LogP contribution in [0.15, 0.2) is 24.4 Å². The number of carbonyl (C=O) groups excluding carboxylic acids is 1. The lowest BCUT2D eigenvalue weighted by molar-refractivity contribution is -0.138. The first-order valence-electron chi connectivity index (χ1n) is 11.2. The van der Waals surface area contributed by atoms with Gasteiger partial charge < -0.3 is 20.1 Å². The van der Waals surface area contributed by atoms with Crippen LogP contribution in [0.3, 0.4) is 0 Å². The van der Waals surface area contributed by atoms with E-state index in [0.717, 1.165) is 66.0 Å². The van der Waals surface area contributed by atoms with Crippen LogP contribution in [-0.2, 0) is 24.1 Å². The van der Waals surface area contributed by atoms with Crippen LogP contribution >= 0.6 is 11.6 Å². The molecule has 2 aromatic rings. The number of halogens is 1. The van der Waals surface area contributed by atoms with E-state index in [9.17, 15) is 9.90 Å². The minimum absolute atomic E-state index is 0.0471. The van der Waals surface area contributed by atoms with E-state index in [1.807, 2.05) is 36.2 Å². The van der Waals surface area contributed by atoms with Gasteiger partial charge in [0.25, 0.3) is 5.91 Å². The molecule has 3 aliphatic rings. The number of fused-ring (bicyclic) bond motifs is 2. The van der Waals surface area contributed by atoms with Gasteiger partial charge in [-0.2, -0.15) is 0 Å². The number of benzene rings is 1. The Bertz CT molecular complexity index is 1010. The number of hydrogen-bond acceptors (Lipinski definition) is 5. The SMILES string of the molecule is CCC(O)C1Cc2nccc(-c3cc(Cl)cc4c3O[C@@H](C(=O)N3CCNCC3)C4)c2C1. The van der Waals surface area contributed by atoms with Crippen molar-refractivity contribution in [2.45, 2.75) is 44.8 Å². The first-order valence-corrected chi connectivity index (χ1v) is 11.6. The number of aromatic nitrogens is 1. The standard InChI is InChI=1S/C24H28ClN3O3/c1-2-21(29)14-10-18-17(3-4-27-20(18)11-14)19-13-16(25)9-15-12-22(31-23(15)19)24(30)28-7-5-26-6-8-28/h3-4,9,13-14,21-22,26,29H,2,5-8,10-12H2,1H3/t14?,21?,22-/m1/s1. The summed E-state index contributed by atoms with van der Waals surface area (Å²) in [5.41, 5.74) is 5.14. The number of carbonyl (C=O) groups is 1. The summed E-state index contributed by atoms with van der Waals surface area (Å²) in [6, 6.07) is 5.84. The molecule has 6 nitrogen and oxygen atoms in total. The lowest BCUT2D eigenvalue weighted by atomic mass is 9.94. The van der Waals surface area contributed by atoms with E-state index >= 15 is 0 Å². The summed E-state index contributed by atoms with van der Waals surface area (Å²) in [5, 5.41) is 14.3. The lowest BCUT2D eigenvalue weighted by Crippen LogP contribution is -2.50. The van der Waals surface area contributed by atoms with Gasteiger partial charge in [0.1, 0.15) is 5.75 Å². The van der Waals surface area contributed by atoms with Crippen molar-refractivity contribution in [1.29, 1.82) is 0 Å². The highest BCUT2D eigenvalue weighted by Gasteiger charge is 2.36. The van der Waals surface area contributed by atoms with E-state index in [2.05, 4.69) is 10.3 Å². The number of pyridine rings is 1. The molecule has 0 radical (unpaired) electrons. The maximum Gasteiger partial charge on any atom is 0.264 e. The summed E-state index contributed by atoms with van der Waals surface area (Å²) in [5.74, 6) is 0.987. The number of nitrogens with zero attached hydrogens (tertiary/aromatic N) is 2. The molecule has 31 heavy (non-hydrogen) atoms. The topological polar surface area (TPSA) is 74.7 Å². The number of aliphatic hydroxyl groups excluding tert-OH is 1. The predicted molar refractivity (Wildman–Crippen MR) is 119 cm³/mol. The summed E-state index contributed by atoms with van der Waals surface area (Å²) in [4.78, 5) is 19.5. The van der Waals surface area contributed by atoms with E-state index in [1.54, 1.807) is 0 Å². The van der Waals surface area contributed by atoms with Crippen molar-refractivity contribution in [2.24, 2.45) is 5.92 Å². The third kappa shape index (κ3) is 3.81. The van der Waals surface area contributed by atoms with E-state index in [0.29, 0.717) is 24.5 Å². The van der Waals surface area contributed by atoms with Crippen LogP contribution in [0.4, 0.5) is 0 Å². The molecule has 164 valence electrons. The molecule has 1 fully saturated rings. The van der Waals surface area contributed by atoms with Gasteiger partial charge in [-0.3, -0.25) is 9.78 Å². The quantitative estimate of drug-likeness (QED) is 0.763. The van der Waals surface area contributed by atoms with Crippen LogP contribution in [-0.4, -0.2) is 59.3 Å². The molecule has 3 atom stereocenters. The Morgan fingerprint density at radius 3 is 2.87 bits per heavy atom. The first kappa shape index (κ1) is 20.7. The van der Waals surface area contributed by atoms with Gasteiger partial charge in [0.05, 0.1) is 6.10 Å². The highest BCUT2D eigenvalue weighted by atomic mass is 35.5. The Morgan fingerprint density at radius 1 is 1.29 bits per heavy atom. The van der Waals surface area contributed by atoms with E-state index in [1.165, 1.54) is 0 Å². The van der Waals surface area contributed by atoms with Crippen LogP contribution in [0, 0.1) is 5.92 Å². The van der Waals surface area contributed by atoms with E-state index < -0.39 is 6.10 Å². The zero-order valence-electron chi connectivity index (χ0n) is 17.7. The maximum atomic E-state index is 13.0. The predicted octanol–water partition coefficient (Wildman–Crippen LogP) is 2.62. The Hall–Kier alpha value is -2.15. The molecule has 2 aliphatic heterocycles. The second kappa shape index (κ2) is 8.41. The molecule has 1 amide bonds. The number of rotatable bonds is 4. The number of amides is 1. The molecule has 7 heteroatoms. The highest BCUT2D eigenvalue weighted by Crippen LogP contribution is 2.45. The number of piperazine rings is 1. The number of hydrogen-bond donors (Lipinski definition) is 2. The molecule has 5 rings (SSSR count). The van der Waals surface area contributed by atoms with Crippen LogP contribution in [0.25, 0.3) is 11.1 Å². The molecule has 1 aromatic carbocycles. The Labute approximate surface area is 187 Å². The molecule has 3 heterocycles. The molecule has 1 saturated heterocycles. The summed E-state index contributed by atoms with van der Waals surface area (Å²) in [6.07, 6.45) is 3.83. The molecule has 0 spiro atoms. The van der Waals surface area contributed by atoms with Gasteiger partial charge in [-0.1, -0.05) is 18.5 Å². The number of aliphatic hydroxyl groups is 1. The summed E-state index contributed by atoms with van der Waals surface area (Å²) in [7, 11) is 0. The second-order valence-corrected chi connectivity index (χ2v) is 9.19. The van der Waals surface area contributed by atoms with Crippen molar-refractivity contribution < 1.29 is 14.6 Å².